The van der Waals surface area contributed by atoms with Crippen LogP contribution in [0.4, 0.5) is 0 Å². The van der Waals surface area contributed by atoms with Gasteiger partial charge in [0, 0.05) is 6.54 Å². The van der Waals surface area contributed by atoms with E-state index in [0.717, 1.165) is 28.7 Å². The summed E-state index contributed by atoms with van der Waals surface area (Å²) in [6.45, 7) is 8.64. The molecule has 0 saturated carbocycles. The van der Waals surface area contributed by atoms with Crippen molar-refractivity contribution in [3.63, 3.8) is 0 Å². The minimum Gasteiger partial charge on any atom is -0.508 e. The maximum atomic E-state index is 11.6. The number of carbonyl (C=O) groups excluding carboxylic acids is 1. The van der Waals surface area contributed by atoms with Gasteiger partial charge in [-0.2, -0.15) is 0 Å². The molecule has 0 spiro atoms. The fourth-order valence-corrected chi connectivity index (χ4v) is 3.16. The quantitative estimate of drug-likeness (QED) is 0.368. The minimum atomic E-state index is -0.434. The Morgan fingerprint density at radius 3 is 2.46 bits per heavy atom. The molecule has 0 aliphatic heterocycles. The normalized spacial score (nSPS) is 10.9. The van der Waals surface area contributed by atoms with Crippen molar-refractivity contribution in [1.82, 2.24) is 4.84 Å². The number of hydrogen-bond donors (Lipinski definition) is 2. The molecule has 0 aliphatic carbocycles. The molecule has 0 heterocycles. The fourth-order valence-electron chi connectivity index (χ4n) is 3.08. The molecule has 2 aromatic rings. The van der Waals surface area contributed by atoms with E-state index >= 15 is 0 Å². The number of aryl methyl sites for hydroxylation is 2. The highest BCUT2D eigenvalue weighted by Gasteiger charge is 2.12. The summed E-state index contributed by atoms with van der Waals surface area (Å²) in [5, 5.41) is 10.0. The minimum absolute atomic E-state index is 0.143. The molecule has 0 aliphatic rings. The smallest absolute Gasteiger partial charge is 0.344 e. The Kier molecular flexibility index (Phi) is 8.15. The lowest BCUT2D eigenvalue weighted by atomic mass is 9.93. The van der Waals surface area contributed by atoms with Gasteiger partial charge in [0.2, 0.25) is 0 Å². The summed E-state index contributed by atoms with van der Waals surface area (Å²) in [6.07, 6.45) is 0.769. The Morgan fingerprint density at radius 1 is 1.18 bits per heavy atom. The standard InChI is InChI=1S/C22H28ClNO4/c1-14(2)19-11-17(5-6-21(19)25)12-20-15(3)9-18(10-16(20)4)28-13-22(26)27-8-7-24-23/h5-6,9-11,14,24-25H,7-8,12-13H2,1-4H3. The maximum Gasteiger partial charge on any atom is 0.344 e. The van der Waals surface area contributed by atoms with E-state index in [-0.39, 0.29) is 19.1 Å². The number of hydrogen-bond acceptors (Lipinski definition) is 5. The number of ether oxygens (including phenoxy) is 2. The summed E-state index contributed by atoms with van der Waals surface area (Å²) < 4.78 is 10.5. The topological polar surface area (TPSA) is 67.8 Å². The highest BCUT2D eigenvalue weighted by atomic mass is 35.5. The molecule has 0 radical (unpaired) electrons. The molecule has 2 rings (SSSR count). The van der Waals surface area contributed by atoms with Crippen molar-refractivity contribution in [2.45, 2.75) is 40.0 Å². The van der Waals surface area contributed by atoms with Crippen molar-refractivity contribution in [3.05, 3.63) is 58.1 Å². The lowest BCUT2D eigenvalue weighted by molar-refractivity contribution is -0.145. The summed E-state index contributed by atoms with van der Waals surface area (Å²) in [5.41, 5.74) is 5.50. The zero-order valence-corrected chi connectivity index (χ0v) is 17.6. The van der Waals surface area contributed by atoms with Crippen LogP contribution >= 0.6 is 11.8 Å². The van der Waals surface area contributed by atoms with E-state index in [1.165, 1.54) is 5.56 Å². The third-order valence-corrected chi connectivity index (χ3v) is 4.77. The first-order valence-corrected chi connectivity index (χ1v) is 9.73. The largest absolute Gasteiger partial charge is 0.508 e. The number of phenolic OH excluding ortho intramolecular Hbond substituents is 1. The van der Waals surface area contributed by atoms with Crippen molar-refractivity contribution in [2.75, 3.05) is 19.8 Å². The van der Waals surface area contributed by atoms with Gasteiger partial charge >= 0.3 is 5.97 Å². The number of nitrogens with one attached hydrogen (secondary N) is 1. The van der Waals surface area contributed by atoms with Crippen LogP contribution in [0.2, 0.25) is 0 Å². The van der Waals surface area contributed by atoms with Crippen LogP contribution < -0.4 is 9.57 Å². The van der Waals surface area contributed by atoms with E-state index in [1.807, 2.05) is 32.0 Å². The zero-order chi connectivity index (χ0) is 20.7. The lowest BCUT2D eigenvalue weighted by Gasteiger charge is -2.15. The second-order valence-electron chi connectivity index (χ2n) is 7.15. The molecule has 2 N–H and O–H groups in total. The molecule has 0 fully saturated rings. The van der Waals surface area contributed by atoms with E-state index in [0.29, 0.717) is 18.0 Å². The zero-order valence-electron chi connectivity index (χ0n) is 16.8. The van der Waals surface area contributed by atoms with Crippen LogP contribution in [0.25, 0.3) is 0 Å². The molecule has 0 saturated heterocycles. The van der Waals surface area contributed by atoms with Crippen LogP contribution in [0.3, 0.4) is 0 Å². The molecule has 5 nitrogen and oxygen atoms in total. The Balaban J connectivity index is 2.08. The predicted molar refractivity (Wildman–Crippen MR) is 111 cm³/mol. The van der Waals surface area contributed by atoms with Crippen molar-refractivity contribution in [1.29, 1.82) is 0 Å². The highest BCUT2D eigenvalue weighted by Crippen LogP contribution is 2.29. The number of rotatable bonds is 9. The average molecular weight is 406 g/mol. The molecule has 0 unspecified atom stereocenters. The summed E-state index contributed by atoms with van der Waals surface area (Å²) in [6, 6.07) is 9.64. The van der Waals surface area contributed by atoms with Gasteiger partial charge in [0.15, 0.2) is 6.61 Å². The van der Waals surface area contributed by atoms with E-state index in [4.69, 9.17) is 21.3 Å². The predicted octanol–water partition coefficient (Wildman–Crippen LogP) is 4.39. The summed E-state index contributed by atoms with van der Waals surface area (Å²) in [4.78, 5) is 14.0. The van der Waals surface area contributed by atoms with Crippen LogP contribution in [0.1, 0.15) is 47.6 Å². The summed E-state index contributed by atoms with van der Waals surface area (Å²) >= 11 is 5.31. The maximum absolute atomic E-state index is 11.6. The van der Waals surface area contributed by atoms with Crippen LogP contribution in [-0.2, 0) is 16.0 Å². The van der Waals surface area contributed by atoms with Gasteiger partial charge in [0.25, 0.3) is 0 Å². The van der Waals surface area contributed by atoms with Crippen LogP contribution in [0, 0.1) is 13.8 Å². The molecule has 0 atom stereocenters. The van der Waals surface area contributed by atoms with Crippen molar-refractivity contribution in [3.8, 4) is 11.5 Å². The number of esters is 1. The first-order valence-electron chi connectivity index (χ1n) is 9.35. The van der Waals surface area contributed by atoms with Crippen molar-refractivity contribution >= 4 is 17.7 Å². The number of phenols is 1. The van der Waals surface area contributed by atoms with Crippen LogP contribution in [0.5, 0.6) is 11.5 Å². The van der Waals surface area contributed by atoms with Crippen LogP contribution in [-0.4, -0.2) is 30.8 Å². The molecule has 28 heavy (non-hydrogen) atoms. The third kappa shape index (κ3) is 6.14. The number of halogens is 1. The summed E-state index contributed by atoms with van der Waals surface area (Å²) in [5.74, 6) is 0.805. The highest BCUT2D eigenvalue weighted by molar-refractivity contribution is 6.13. The Morgan fingerprint density at radius 2 is 1.86 bits per heavy atom. The number of aromatic hydroxyl groups is 1. The van der Waals surface area contributed by atoms with Gasteiger partial charge in [-0.3, -0.25) is 0 Å². The van der Waals surface area contributed by atoms with E-state index in [9.17, 15) is 9.90 Å². The van der Waals surface area contributed by atoms with Gasteiger partial charge < -0.3 is 14.6 Å². The van der Waals surface area contributed by atoms with Gasteiger partial charge in [-0.05, 0) is 84.0 Å². The molecule has 0 bridgehead atoms. The summed E-state index contributed by atoms with van der Waals surface area (Å²) in [7, 11) is 0. The van der Waals surface area contributed by atoms with E-state index in [1.54, 1.807) is 6.07 Å². The first kappa shape index (κ1) is 22.1. The average Bonchev–Trinajstić information content (AvgIpc) is 2.64. The SMILES string of the molecule is Cc1cc(OCC(=O)OCCNCl)cc(C)c1Cc1ccc(O)c(C(C)C)c1. The third-order valence-electron chi connectivity index (χ3n) is 4.58. The molecular formula is C22H28ClNO4. The van der Waals surface area contributed by atoms with Gasteiger partial charge in [-0.15, -0.1) is 0 Å². The Bertz CT molecular complexity index is 797. The number of carbonyl (C=O) groups is 1. The van der Waals surface area contributed by atoms with Crippen molar-refractivity contribution < 1.29 is 19.4 Å². The molecule has 0 aromatic heterocycles. The van der Waals surface area contributed by atoms with Gasteiger partial charge in [-0.25, -0.2) is 9.63 Å². The molecule has 0 amide bonds. The fraction of sp³-hybridized carbons (Fsp3) is 0.409. The second kappa shape index (κ2) is 10.3. The van der Waals surface area contributed by atoms with Crippen molar-refractivity contribution in [2.24, 2.45) is 0 Å². The van der Waals surface area contributed by atoms with Gasteiger partial charge in [0.1, 0.15) is 18.1 Å². The molecule has 152 valence electrons. The van der Waals surface area contributed by atoms with E-state index < -0.39 is 5.97 Å². The first-order chi connectivity index (χ1) is 13.3. The van der Waals surface area contributed by atoms with Crippen LogP contribution in [0.15, 0.2) is 30.3 Å². The number of benzene rings is 2. The molecular weight excluding hydrogens is 378 g/mol. The molecule has 2 aromatic carbocycles. The Hall–Kier alpha value is -2.24. The van der Waals surface area contributed by atoms with E-state index in [2.05, 4.69) is 24.7 Å². The Labute approximate surface area is 171 Å². The monoisotopic (exact) mass is 405 g/mol. The molecule has 6 heteroatoms. The van der Waals surface area contributed by atoms with Gasteiger partial charge in [0.05, 0.1) is 0 Å². The lowest BCUT2D eigenvalue weighted by Crippen LogP contribution is -2.19. The second-order valence-corrected chi connectivity index (χ2v) is 7.42. The van der Waals surface area contributed by atoms with Gasteiger partial charge in [-0.1, -0.05) is 26.0 Å².